The van der Waals surface area contributed by atoms with E-state index in [-0.39, 0.29) is 18.3 Å². The van der Waals surface area contributed by atoms with Crippen LogP contribution in [0.2, 0.25) is 10.0 Å². The highest BCUT2D eigenvalue weighted by molar-refractivity contribution is 6.37. The monoisotopic (exact) mass is 436 g/mol. The Morgan fingerprint density at radius 3 is 2.45 bits per heavy atom. The Morgan fingerprint density at radius 1 is 1.17 bits per heavy atom. The van der Waals surface area contributed by atoms with Gasteiger partial charge in [0, 0.05) is 12.1 Å². The van der Waals surface area contributed by atoms with E-state index >= 15 is 0 Å². The largest absolute Gasteiger partial charge is 0.503 e. The van der Waals surface area contributed by atoms with Crippen LogP contribution in [0, 0.1) is 0 Å². The highest BCUT2D eigenvalue weighted by Crippen LogP contribution is 2.39. The van der Waals surface area contributed by atoms with Gasteiger partial charge in [0.2, 0.25) is 0 Å². The van der Waals surface area contributed by atoms with Gasteiger partial charge in [0.15, 0.2) is 5.75 Å². The third-order valence-electron chi connectivity index (χ3n) is 4.73. The van der Waals surface area contributed by atoms with Crippen molar-refractivity contribution in [1.82, 2.24) is 0 Å². The van der Waals surface area contributed by atoms with E-state index < -0.39 is 5.97 Å². The van der Waals surface area contributed by atoms with Crippen molar-refractivity contribution < 1.29 is 24.1 Å². The predicted octanol–water partition coefficient (Wildman–Crippen LogP) is 5.97. The third kappa shape index (κ3) is 5.37. The molecule has 0 atom stereocenters. The molecule has 0 amide bonds. The molecule has 0 aromatic heterocycles. The van der Waals surface area contributed by atoms with Crippen LogP contribution in [-0.2, 0) is 16.1 Å². The van der Waals surface area contributed by atoms with Crippen molar-refractivity contribution in [2.24, 2.45) is 0 Å². The maximum Gasteiger partial charge on any atom is 0.339 e. The summed E-state index contributed by atoms with van der Waals surface area (Å²) in [6.45, 7) is 0.139. The summed E-state index contributed by atoms with van der Waals surface area (Å²) >= 11 is 12.7. The lowest BCUT2D eigenvalue weighted by Gasteiger charge is -2.17. The topological polar surface area (TPSA) is 65.0 Å². The SMILES string of the molecule is COC=C(C(=O)O)c1ccccc1COc1cc(Cl)c(OC2CCCC2)c(Cl)c1. The zero-order valence-electron chi connectivity index (χ0n) is 16.0. The first-order chi connectivity index (χ1) is 14.0. The molecule has 0 bridgehead atoms. The Hall–Kier alpha value is -2.37. The fraction of sp³-hybridized carbons (Fsp3) is 0.318. The molecule has 1 aliphatic carbocycles. The first kappa shape index (κ1) is 21.3. The van der Waals surface area contributed by atoms with Gasteiger partial charge in [-0.1, -0.05) is 47.5 Å². The molecule has 0 heterocycles. The number of aliphatic carboxylic acids is 1. The van der Waals surface area contributed by atoms with Crippen molar-refractivity contribution in [3.8, 4) is 11.5 Å². The van der Waals surface area contributed by atoms with Gasteiger partial charge < -0.3 is 19.3 Å². The van der Waals surface area contributed by atoms with Crippen LogP contribution >= 0.6 is 23.2 Å². The summed E-state index contributed by atoms with van der Waals surface area (Å²) in [4.78, 5) is 11.5. The lowest BCUT2D eigenvalue weighted by molar-refractivity contribution is -0.130. The molecule has 1 saturated carbocycles. The molecule has 0 aliphatic heterocycles. The lowest BCUT2D eigenvalue weighted by atomic mass is 10.0. The molecule has 1 N–H and O–H groups in total. The van der Waals surface area contributed by atoms with Crippen LogP contribution in [0.3, 0.4) is 0 Å². The number of methoxy groups -OCH3 is 1. The van der Waals surface area contributed by atoms with Gasteiger partial charge in [-0.3, -0.25) is 0 Å². The second kappa shape index (κ2) is 9.90. The maximum atomic E-state index is 11.5. The minimum atomic E-state index is -1.08. The lowest BCUT2D eigenvalue weighted by Crippen LogP contribution is -2.11. The smallest absolute Gasteiger partial charge is 0.339 e. The van der Waals surface area contributed by atoms with Crippen molar-refractivity contribution in [1.29, 1.82) is 0 Å². The van der Waals surface area contributed by atoms with E-state index in [1.165, 1.54) is 13.4 Å². The number of rotatable bonds is 8. The molecule has 7 heteroatoms. The maximum absolute atomic E-state index is 11.5. The van der Waals surface area contributed by atoms with Crippen molar-refractivity contribution >= 4 is 34.7 Å². The van der Waals surface area contributed by atoms with E-state index in [0.29, 0.717) is 32.7 Å². The summed E-state index contributed by atoms with van der Waals surface area (Å²) in [6, 6.07) is 10.4. The molecule has 1 aliphatic rings. The molecule has 154 valence electrons. The van der Waals surface area contributed by atoms with E-state index in [4.69, 9.17) is 37.4 Å². The highest BCUT2D eigenvalue weighted by Gasteiger charge is 2.20. The second-order valence-electron chi connectivity index (χ2n) is 6.76. The van der Waals surface area contributed by atoms with Gasteiger partial charge >= 0.3 is 5.97 Å². The van der Waals surface area contributed by atoms with Crippen molar-refractivity contribution in [2.45, 2.75) is 38.4 Å². The fourth-order valence-corrected chi connectivity index (χ4v) is 3.88. The van der Waals surface area contributed by atoms with Gasteiger partial charge in [0.05, 0.1) is 29.5 Å². The zero-order chi connectivity index (χ0) is 20.8. The van der Waals surface area contributed by atoms with E-state index in [2.05, 4.69) is 0 Å². The summed E-state index contributed by atoms with van der Waals surface area (Å²) in [6.07, 6.45) is 5.65. The quantitative estimate of drug-likeness (QED) is 0.408. The Morgan fingerprint density at radius 2 is 1.83 bits per heavy atom. The number of carboxylic acid groups (broad SMARTS) is 1. The fourth-order valence-electron chi connectivity index (χ4n) is 3.32. The van der Waals surface area contributed by atoms with Crippen LogP contribution in [0.25, 0.3) is 5.57 Å². The number of hydrogen-bond acceptors (Lipinski definition) is 4. The standard InChI is InChI=1S/C22H22Cl2O5/c1-27-13-18(22(25)26)17-9-5-2-6-14(17)12-28-16-10-19(23)21(20(24)11-16)29-15-7-3-4-8-15/h2,5-6,9-11,13,15H,3-4,7-8,12H2,1H3,(H,25,26). The molecule has 0 spiro atoms. The average molecular weight is 437 g/mol. The Kier molecular flexibility index (Phi) is 7.29. The van der Waals surface area contributed by atoms with Gasteiger partial charge in [0.1, 0.15) is 17.9 Å². The molecular weight excluding hydrogens is 415 g/mol. The number of benzene rings is 2. The van der Waals surface area contributed by atoms with Crippen LogP contribution in [0.4, 0.5) is 0 Å². The number of ether oxygens (including phenoxy) is 3. The molecule has 29 heavy (non-hydrogen) atoms. The number of carboxylic acids is 1. The van der Waals surface area contributed by atoms with Crippen LogP contribution in [0.1, 0.15) is 36.8 Å². The van der Waals surface area contributed by atoms with Gasteiger partial charge in [-0.05, 0) is 36.8 Å². The summed E-state index contributed by atoms with van der Waals surface area (Å²) < 4.78 is 16.7. The van der Waals surface area contributed by atoms with E-state index in [0.717, 1.165) is 25.7 Å². The highest BCUT2D eigenvalue weighted by atomic mass is 35.5. The Bertz CT molecular complexity index is 881. The van der Waals surface area contributed by atoms with Crippen molar-refractivity contribution in [3.05, 3.63) is 63.8 Å². The molecule has 0 saturated heterocycles. The first-order valence-electron chi connectivity index (χ1n) is 9.32. The normalized spacial score (nSPS) is 14.7. The van der Waals surface area contributed by atoms with Gasteiger partial charge in [-0.2, -0.15) is 0 Å². The number of carbonyl (C=O) groups is 1. The van der Waals surface area contributed by atoms with E-state index in [1.807, 2.05) is 6.07 Å². The number of hydrogen-bond donors (Lipinski definition) is 1. The molecule has 2 aromatic rings. The zero-order valence-corrected chi connectivity index (χ0v) is 17.5. The molecule has 3 rings (SSSR count). The van der Waals surface area contributed by atoms with Gasteiger partial charge in [-0.25, -0.2) is 4.79 Å². The summed E-state index contributed by atoms with van der Waals surface area (Å²) in [5, 5.41) is 10.2. The molecule has 0 radical (unpaired) electrons. The van der Waals surface area contributed by atoms with E-state index in [1.54, 1.807) is 30.3 Å². The van der Waals surface area contributed by atoms with Gasteiger partial charge in [-0.15, -0.1) is 0 Å². The van der Waals surface area contributed by atoms with Gasteiger partial charge in [0.25, 0.3) is 0 Å². The molecule has 2 aromatic carbocycles. The second-order valence-corrected chi connectivity index (χ2v) is 7.57. The minimum absolute atomic E-state index is 0.0445. The van der Waals surface area contributed by atoms with Crippen molar-refractivity contribution in [3.63, 3.8) is 0 Å². The van der Waals surface area contributed by atoms with Crippen LogP contribution in [0.15, 0.2) is 42.7 Å². The Labute approximate surface area is 179 Å². The molecule has 5 nitrogen and oxygen atoms in total. The first-order valence-corrected chi connectivity index (χ1v) is 10.1. The van der Waals surface area contributed by atoms with E-state index in [9.17, 15) is 9.90 Å². The summed E-state index contributed by atoms with van der Waals surface area (Å²) in [7, 11) is 1.40. The molecule has 0 unspecified atom stereocenters. The van der Waals surface area contributed by atoms with Crippen LogP contribution in [-0.4, -0.2) is 24.3 Å². The summed E-state index contributed by atoms with van der Waals surface area (Å²) in [5.74, 6) is -0.135. The summed E-state index contributed by atoms with van der Waals surface area (Å²) in [5.41, 5.74) is 1.25. The third-order valence-corrected chi connectivity index (χ3v) is 5.29. The van der Waals surface area contributed by atoms with Crippen molar-refractivity contribution in [2.75, 3.05) is 7.11 Å². The Balaban J connectivity index is 1.77. The molecule has 1 fully saturated rings. The average Bonchev–Trinajstić information content (AvgIpc) is 3.21. The predicted molar refractivity (Wildman–Crippen MR) is 113 cm³/mol. The van der Waals surface area contributed by atoms with Crippen LogP contribution < -0.4 is 9.47 Å². The number of halogens is 2. The molecular formula is C22H22Cl2O5. The minimum Gasteiger partial charge on any atom is -0.503 e. The van der Waals surface area contributed by atoms with Crippen LogP contribution in [0.5, 0.6) is 11.5 Å².